The normalized spacial score (nSPS) is 13.1. The fraction of sp³-hybridized carbons (Fsp3) is 0.216. The Labute approximate surface area is 240 Å². The molecule has 4 heteroatoms. The van der Waals surface area contributed by atoms with E-state index < -0.39 is 0 Å². The smallest absolute Gasteiger partial charge is 0.266 e. The molecule has 0 aliphatic carbocycles. The molecule has 41 heavy (non-hydrogen) atoms. The molecule has 6 aromatic carbocycles. The highest BCUT2D eigenvalue weighted by atomic mass is 16.2. The van der Waals surface area contributed by atoms with E-state index in [9.17, 15) is 14.9 Å². The van der Waals surface area contributed by atoms with E-state index in [1.54, 1.807) is 0 Å². The lowest BCUT2D eigenvalue weighted by Crippen LogP contribution is -2.41. The van der Waals surface area contributed by atoms with Crippen LogP contribution < -0.4 is 4.90 Å². The molecule has 0 N–H and O–H groups in total. The van der Waals surface area contributed by atoms with Gasteiger partial charge >= 0.3 is 0 Å². The quantitative estimate of drug-likeness (QED) is 0.128. The van der Waals surface area contributed by atoms with Crippen LogP contribution in [0.5, 0.6) is 0 Å². The van der Waals surface area contributed by atoms with Crippen molar-refractivity contribution in [2.24, 2.45) is 0 Å². The first-order valence-corrected chi connectivity index (χ1v) is 14.4. The van der Waals surface area contributed by atoms with Crippen molar-refractivity contribution in [2.45, 2.75) is 53.4 Å². The molecule has 6 aromatic rings. The first-order chi connectivity index (χ1) is 19.8. The van der Waals surface area contributed by atoms with Crippen LogP contribution in [0.1, 0.15) is 90.8 Å². The molecular formula is C37H32N2O2. The van der Waals surface area contributed by atoms with Crippen LogP contribution in [0.4, 0.5) is 5.69 Å². The minimum Gasteiger partial charge on any atom is -0.268 e. The van der Waals surface area contributed by atoms with E-state index in [1.165, 1.54) is 4.90 Å². The van der Waals surface area contributed by atoms with Crippen LogP contribution in [0.15, 0.2) is 72.8 Å². The fourth-order valence-electron chi connectivity index (χ4n) is 6.56. The van der Waals surface area contributed by atoms with Crippen molar-refractivity contribution in [2.75, 3.05) is 4.90 Å². The highest BCUT2D eigenvalue weighted by molar-refractivity contribution is 6.42. The third-order valence-electron chi connectivity index (χ3n) is 8.34. The average Bonchev–Trinajstić information content (AvgIpc) is 2.99. The maximum atomic E-state index is 14.3. The molecule has 1 heterocycles. The summed E-state index contributed by atoms with van der Waals surface area (Å²) in [5.74, 6) is -0.275. The topological polar surface area (TPSA) is 61.2 Å². The van der Waals surface area contributed by atoms with Gasteiger partial charge in [0.05, 0.1) is 17.3 Å². The van der Waals surface area contributed by atoms with Crippen LogP contribution in [0.25, 0.3) is 43.1 Å². The van der Waals surface area contributed by atoms with Crippen LogP contribution >= 0.6 is 0 Å². The molecule has 202 valence electrons. The number of fused-ring (bicyclic) bond motifs is 2. The molecule has 0 bridgehead atoms. The first-order valence-electron chi connectivity index (χ1n) is 14.4. The van der Waals surface area contributed by atoms with Crippen LogP contribution in [0, 0.1) is 11.3 Å². The molecule has 0 aromatic heterocycles. The summed E-state index contributed by atoms with van der Waals surface area (Å²) in [5, 5.41) is 17.3. The number of anilines is 1. The summed E-state index contributed by atoms with van der Waals surface area (Å²) < 4.78 is 0. The van der Waals surface area contributed by atoms with Crippen molar-refractivity contribution in [3.63, 3.8) is 0 Å². The lowest BCUT2D eigenvalue weighted by molar-refractivity contribution is 0.0893. The molecular weight excluding hydrogens is 504 g/mol. The fourth-order valence-corrected chi connectivity index (χ4v) is 6.56. The monoisotopic (exact) mass is 536 g/mol. The molecule has 0 unspecified atom stereocenters. The van der Waals surface area contributed by atoms with Gasteiger partial charge in [0, 0.05) is 21.9 Å². The molecule has 0 radical (unpaired) electrons. The lowest BCUT2D eigenvalue weighted by atomic mass is 9.83. The summed E-state index contributed by atoms with van der Waals surface area (Å²) in [5.41, 5.74) is 4.42. The van der Waals surface area contributed by atoms with E-state index in [0.717, 1.165) is 59.9 Å². The molecule has 4 nitrogen and oxygen atoms in total. The average molecular weight is 537 g/mol. The number of nitrogens with zero attached hydrogens (tertiary/aromatic N) is 2. The second kappa shape index (κ2) is 9.71. The predicted molar refractivity (Wildman–Crippen MR) is 169 cm³/mol. The number of hydrogen-bond acceptors (Lipinski definition) is 3. The van der Waals surface area contributed by atoms with Crippen molar-refractivity contribution < 1.29 is 9.59 Å². The van der Waals surface area contributed by atoms with Gasteiger partial charge in [0.15, 0.2) is 0 Å². The molecule has 1 aliphatic heterocycles. The van der Waals surface area contributed by atoms with Gasteiger partial charge in [-0.05, 0) is 73.5 Å². The predicted octanol–water partition coefficient (Wildman–Crippen LogP) is 9.68. The van der Waals surface area contributed by atoms with E-state index in [0.29, 0.717) is 16.7 Å². The van der Waals surface area contributed by atoms with E-state index in [2.05, 4.69) is 39.8 Å². The molecule has 0 fully saturated rings. The Morgan fingerprint density at radius 1 is 0.585 bits per heavy atom. The lowest BCUT2D eigenvalue weighted by Gasteiger charge is -2.32. The molecule has 2 amide bonds. The maximum Gasteiger partial charge on any atom is 0.266 e. The second-order valence-electron chi connectivity index (χ2n) is 11.1. The van der Waals surface area contributed by atoms with Gasteiger partial charge in [0.25, 0.3) is 11.8 Å². The van der Waals surface area contributed by atoms with E-state index in [1.807, 2.05) is 80.6 Å². The van der Waals surface area contributed by atoms with E-state index in [4.69, 9.17) is 0 Å². The summed E-state index contributed by atoms with van der Waals surface area (Å²) in [7, 11) is 0. The molecule has 0 saturated heterocycles. The summed E-state index contributed by atoms with van der Waals surface area (Å²) in [6, 6.07) is 26.0. The number of benzene rings is 6. The SMILES string of the molecule is CC.CC(C)c1cccc(C(C)C)c1N1C(=O)c2ccc3c4cccc5c(C#N)ccc(c6ccc(c2c36)C1=O)c54. The Morgan fingerprint density at radius 2 is 1.05 bits per heavy atom. The Balaban J connectivity index is 0.00000148. The number of carbonyl (C=O) groups excluding carboxylic acids is 2. The minimum absolute atomic E-state index is 0.145. The van der Waals surface area contributed by atoms with E-state index >= 15 is 0 Å². The zero-order chi connectivity index (χ0) is 29.2. The van der Waals surface area contributed by atoms with Gasteiger partial charge in [-0.15, -0.1) is 0 Å². The van der Waals surface area contributed by atoms with Crippen LogP contribution in [-0.2, 0) is 0 Å². The van der Waals surface area contributed by atoms with Gasteiger partial charge in [-0.2, -0.15) is 5.26 Å². The Bertz CT molecular complexity index is 1980. The number of imide groups is 1. The second-order valence-corrected chi connectivity index (χ2v) is 11.1. The third-order valence-corrected chi connectivity index (χ3v) is 8.34. The van der Waals surface area contributed by atoms with Gasteiger partial charge < -0.3 is 0 Å². The number of rotatable bonds is 3. The number of hydrogen-bond donors (Lipinski definition) is 0. The zero-order valence-electron chi connectivity index (χ0n) is 24.3. The van der Waals surface area contributed by atoms with Crippen molar-refractivity contribution in [3.05, 3.63) is 101 Å². The minimum atomic E-state index is -0.282. The van der Waals surface area contributed by atoms with Gasteiger partial charge in [0.2, 0.25) is 0 Å². The van der Waals surface area contributed by atoms with Gasteiger partial charge in [-0.1, -0.05) is 96.1 Å². The summed E-state index contributed by atoms with van der Waals surface area (Å²) >= 11 is 0. The zero-order valence-corrected chi connectivity index (χ0v) is 24.3. The van der Waals surface area contributed by atoms with Crippen molar-refractivity contribution in [3.8, 4) is 6.07 Å². The van der Waals surface area contributed by atoms with Gasteiger partial charge in [-0.3, -0.25) is 9.59 Å². The van der Waals surface area contributed by atoms with Crippen molar-refractivity contribution >= 4 is 60.6 Å². The molecule has 0 atom stereocenters. The molecule has 0 spiro atoms. The first kappa shape index (κ1) is 26.5. The Hall–Kier alpha value is -4.75. The van der Waals surface area contributed by atoms with Crippen molar-refractivity contribution in [1.82, 2.24) is 0 Å². The highest BCUT2D eigenvalue weighted by Crippen LogP contribution is 2.46. The summed E-state index contributed by atoms with van der Waals surface area (Å²) in [6.07, 6.45) is 0. The van der Waals surface area contributed by atoms with Crippen LogP contribution in [0.2, 0.25) is 0 Å². The summed E-state index contributed by atoms with van der Waals surface area (Å²) in [6.45, 7) is 12.4. The van der Waals surface area contributed by atoms with Crippen LogP contribution in [-0.4, -0.2) is 11.8 Å². The molecule has 7 rings (SSSR count). The van der Waals surface area contributed by atoms with Crippen LogP contribution in [0.3, 0.4) is 0 Å². The Morgan fingerprint density at radius 3 is 1.59 bits per heavy atom. The van der Waals surface area contributed by atoms with Gasteiger partial charge in [0.1, 0.15) is 0 Å². The standard InChI is InChI=1S/C35H26N2O2.C2H6/c1-18(2)21-7-5-8-22(19(3)4)33(21)37-34(38)28-15-13-26-24-10-6-9-23-20(17-36)11-12-25(30(23)24)27-14-16-29(35(37)39)32(28)31(26)27;1-2/h5-16,18-19H,1-4H3;1-2H3. The van der Waals surface area contributed by atoms with Crippen molar-refractivity contribution in [1.29, 1.82) is 5.26 Å². The largest absolute Gasteiger partial charge is 0.268 e. The highest BCUT2D eigenvalue weighted by Gasteiger charge is 2.37. The molecule has 0 saturated carbocycles. The maximum absolute atomic E-state index is 14.3. The number of amides is 2. The number of carbonyl (C=O) groups is 2. The van der Waals surface area contributed by atoms with Gasteiger partial charge in [-0.25, -0.2) is 4.90 Å². The third kappa shape index (κ3) is 3.59. The summed E-state index contributed by atoms with van der Waals surface area (Å²) in [4.78, 5) is 30.0. The van der Waals surface area contributed by atoms with E-state index in [-0.39, 0.29) is 23.7 Å². The molecule has 1 aliphatic rings. The Kier molecular flexibility index (Phi) is 6.27. The number of nitriles is 1. The number of para-hydroxylation sites is 1.